The Morgan fingerprint density at radius 3 is 2.32 bits per heavy atom. The number of ether oxygens (including phenoxy) is 1. The number of methoxy groups -OCH3 is 1. The Morgan fingerprint density at radius 1 is 1.26 bits per heavy atom. The van der Waals surface area contributed by atoms with Crippen molar-refractivity contribution in [2.45, 2.75) is 44.3 Å². The molecule has 0 heterocycles. The molecule has 0 spiro atoms. The monoisotopic (exact) mass is 266 g/mol. The quantitative estimate of drug-likeness (QED) is 0.773. The van der Waals surface area contributed by atoms with Crippen molar-refractivity contribution in [3.05, 3.63) is 35.9 Å². The van der Waals surface area contributed by atoms with Gasteiger partial charge >= 0.3 is 5.97 Å². The van der Waals surface area contributed by atoms with Gasteiger partial charge in [-0.25, -0.2) is 4.79 Å². The van der Waals surface area contributed by atoms with Gasteiger partial charge in [0.2, 0.25) is 5.60 Å². The minimum absolute atomic E-state index is 0.310. The number of rotatable bonds is 6. The first-order valence-corrected chi connectivity index (χ1v) is 6.49. The van der Waals surface area contributed by atoms with Gasteiger partial charge in [0.25, 0.3) is 0 Å². The van der Waals surface area contributed by atoms with Gasteiger partial charge in [0, 0.05) is 0 Å². The minimum Gasteiger partial charge on any atom is -0.467 e. The topological polar surface area (TPSA) is 66.8 Å². The maximum Gasteiger partial charge on any atom is 0.345 e. The zero-order chi connectivity index (χ0) is 14.5. The number of aliphatic hydroxyl groups is 2. The number of benzene rings is 1. The predicted octanol–water partition coefficient (Wildman–Crippen LogP) is 1.99. The van der Waals surface area contributed by atoms with Crippen molar-refractivity contribution >= 4 is 5.97 Å². The lowest BCUT2D eigenvalue weighted by Gasteiger charge is -2.39. The van der Waals surface area contributed by atoms with Gasteiger partial charge in [-0.15, -0.1) is 0 Å². The second-order valence-corrected chi connectivity index (χ2v) is 4.95. The Labute approximate surface area is 114 Å². The Kier molecular flexibility index (Phi) is 5.09. The van der Waals surface area contributed by atoms with Crippen LogP contribution in [0.2, 0.25) is 0 Å². The summed E-state index contributed by atoms with van der Waals surface area (Å²) in [6.07, 6.45) is 1.88. The minimum atomic E-state index is -2.06. The van der Waals surface area contributed by atoms with Gasteiger partial charge < -0.3 is 14.9 Å². The van der Waals surface area contributed by atoms with E-state index in [1.807, 2.05) is 6.92 Å². The first-order valence-electron chi connectivity index (χ1n) is 6.49. The molecular weight excluding hydrogens is 244 g/mol. The van der Waals surface area contributed by atoms with Crippen LogP contribution >= 0.6 is 0 Å². The highest BCUT2D eigenvalue weighted by Crippen LogP contribution is 2.37. The lowest BCUT2D eigenvalue weighted by molar-refractivity contribution is -0.197. The predicted molar refractivity (Wildman–Crippen MR) is 72.5 cm³/mol. The van der Waals surface area contributed by atoms with Gasteiger partial charge in [0.05, 0.1) is 7.11 Å². The van der Waals surface area contributed by atoms with Gasteiger partial charge in [0.1, 0.15) is 5.60 Å². The van der Waals surface area contributed by atoms with E-state index in [2.05, 4.69) is 4.74 Å². The van der Waals surface area contributed by atoms with Gasteiger partial charge in [0.15, 0.2) is 0 Å². The number of unbranched alkanes of at least 4 members (excludes halogenated alkanes) is 1. The molecule has 4 nitrogen and oxygen atoms in total. The van der Waals surface area contributed by atoms with Crippen molar-refractivity contribution < 1.29 is 19.7 Å². The molecule has 0 radical (unpaired) electrons. The average molecular weight is 266 g/mol. The van der Waals surface area contributed by atoms with Crippen molar-refractivity contribution in [3.63, 3.8) is 0 Å². The van der Waals surface area contributed by atoms with Crippen molar-refractivity contribution in [2.24, 2.45) is 0 Å². The number of carbonyl (C=O) groups excluding carboxylic acids is 1. The van der Waals surface area contributed by atoms with E-state index in [1.54, 1.807) is 30.3 Å². The Bertz CT molecular complexity index is 413. The van der Waals surface area contributed by atoms with Crippen LogP contribution in [0.3, 0.4) is 0 Å². The molecule has 0 aromatic heterocycles. The van der Waals surface area contributed by atoms with Crippen molar-refractivity contribution in [1.82, 2.24) is 0 Å². The average Bonchev–Trinajstić information content (AvgIpc) is 2.44. The molecule has 0 amide bonds. The fourth-order valence-corrected chi connectivity index (χ4v) is 2.18. The van der Waals surface area contributed by atoms with Crippen LogP contribution in [0.5, 0.6) is 0 Å². The third kappa shape index (κ3) is 2.96. The molecule has 106 valence electrons. The summed E-state index contributed by atoms with van der Waals surface area (Å²) in [5, 5.41) is 21.3. The summed E-state index contributed by atoms with van der Waals surface area (Å²) in [5.41, 5.74) is -3.31. The second-order valence-electron chi connectivity index (χ2n) is 4.95. The standard InChI is InChI=1S/C15H22O4/c1-4-5-11-14(2,17)15(18,13(16)19-3)12-9-7-6-8-10-12/h6-10,17-18H,4-5,11H2,1-3H3/t14-,15-/m1/s1. The first-order chi connectivity index (χ1) is 8.90. The molecule has 0 saturated carbocycles. The Balaban J connectivity index is 3.24. The molecule has 2 N–H and O–H groups in total. The van der Waals surface area contributed by atoms with Crippen LogP contribution in [0.1, 0.15) is 38.7 Å². The molecule has 0 unspecified atom stereocenters. The highest BCUT2D eigenvalue weighted by Gasteiger charge is 2.53. The van der Waals surface area contributed by atoms with Crippen molar-refractivity contribution in [1.29, 1.82) is 0 Å². The van der Waals surface area contributed by atoms with Crippen LogP contribution in [-0.2, 0) is 15.1 Å². The summed E-state index contributed by atoms with van der Waals surface area (Å²) in [5.74, 6) is -0.847. The van der Waals surface area contributed by atoms with Crippen molar-refractivity contribution in [3.8, 4) is 0 Å². The highest BCUT2D eigenvalue weighted by atomic mass is 16.5. The zero-order valence-corrected chi connectivity index (χ0v) is 11.7. The molecule has 1 aromatic carbocycles. The van der Waals surface area contributed by atoms with E-state index >= 15 is 0 Å². The van der Waals surface area contributed by atoms with Crippen LogP contribution in [-0.4, -0.2) is 28.9 Å². The Hall–Kier alpha value is -1.39. The number of carbonyl (C=O) groups is 1. The highest BCUT2D eigenvalue weighted by molar-refractivity contribution is 5.82. The molecular formula is C15H22O4. The van der Waals surface area contributed by atoms with E-state index in [0.717, 1.165) is 6.42 Å². The molecule has 0 aliphatic carbocycles. The summed E-state index contributed by atoms with van der Waals surface area (Å²) in [6, 6.07) is 8.41. The smallest absolute Gasteiger partial charge is 0.345 e. The summed E-state index contributed by atoms with van der Waals surface area (Å²) in [4.78, 5) is 12.0. The lowest BCUT2D eigenvalue weighted by Crippen LogP contribution is -2.55. The van der Waals surface area contributed by atoms with Crippen LogP contribution in [0, 0.1) is 0 Å². The van der Waals surface area contributed by atoms with E-state index in [0.29, 0.717) is 18.4 Å². The molecule has 1 rings (SSSR count). The van der Waals surface area contributed by atoms with E-state index in [4.69, 9.17) is 0 Å². The van der Waals surface area contributed by atoms with Crippen LogP contribution in [0.25, 0.3) is 0 Å². The normalized spacial score (nSPS) is 17.3. The van der Waals surface area contributed by atoms with Gasteiger partial charge in [-0.05, 0) is 18.9 Å². The number of hydrogen-bond donors (Lipinski definition) is 2. The van der Waals surface area contributed by atoms with Crippen LogP contribution < -0.4 is 0 Å². The molecule has 0 saturated heterocycles. The zero-order valence-electron chi connectivity index (χ0n) is 11.7. The number of esters is 1. The fourth-order valence-electron chi connectivity index (χ4n) is 2.18. The number of hydrogen-bond acceptors (Lipinski definition) is 4. The Morgan fingerprint density at radius 2 is 1.84 bits per heavy atom. The molecule has 2 atom stereocenters. The summed E-state index contributed by atoms with van der Waals surface area (Å²) in [6.45, 7) is 3.45. The fraction of sp³-hybridized carbons (Fsp3) is 0.533. The van der Waals surface area contributed by atoms with Crippen LogP contribution in [0.4, 0.5) is 0 Å². The molecule has 4 heteroatoms. The third-order valence-corrected chi connectivity index (χ3v) is 3.47. The molecule has 0 aliphatic heterocycles. The van der Waals surface area contributed by atoms with Crippen molar-refractivity contribution in [2.75, 3.05) is 7.11 Å². The van der Waals surface area contributed by atoms with E-state index in [9.17, 15) is 15.0 Å². The van der Waals surface area contributed by atoms with Gasteiger partial charge in [-0.1, -0.05) is 50.1 Å². The van der Waals surface area contributed by atoms with Gasteiger partial charge in [-0.3, -0.25) is 0 Å². The van der Waals surface area contributed by atoms with Crippen LogP contribution in [0.15, 0.2) is 30.3 Å². The largest absolute Gasteiger partial charge is 0.467 e. The van der Waals surface area contributed by atoms with E-state index in [-0.39, 0.29) is 0 Å². The van der Waals surface area contributed by atoms with Gasteiger partial charge in [-0.2, -0.15) is 0 Å². The maximum atomic E-state index is 12.0. The summed E-state index contributed by atoms with van der Waals surface area (Å²) < 4.78 is 4.69. The molecule has 1 aromatic rings. The second kappa shape index (κ2) is 6.17. The summed E-state index contributed by atoms with van der Waals surface area (Å²) in [7, 11) is 1.20. The molecule has 0 aliphatic rings. The SMILES string of the molecule is CCCC[C@@](C)(O)[C@](O)(C(=O)OC)c1ccccc1. The molecule has 0 fully saturated rings. The first kappa shape index (κ1) is 15.7. The van der Waals surface area contributed by atoms with E-state index < -0.39 is 17.2 Å². The summed E-state index contributed by atoms with van der Waals surface area (Å²) >= 11 is 0. The lowest BCUT2D eigenvalue weighted by atomic mass is 9.76. The molecule has 19 heavy (non-hydrogen) atoms. The van der Waals surface area contributed by atoms with E-state index in [1.165, 1.54) is 14.0 Å². The maximum absolute atomic E-state index is 12.0. The molecule has 0 bridgehead atoms. The third-order valence-electron chi connectivity index (χ3n) is 3.47.